The average Bonchev–Trinajstić information content (AvgIpc) is 2.47. The number of aliphatic hydroxyl groups excluding tert-OH is 1. The molecular weight excluding hydrogens is 284 g/mol. The number of carboxylic acid groups (broad SMARTS) is 1. The Bertz CT molecular complexity index is 362. The second-order valence-electron chi connectivity index (χ2n) is 6.34. The molecule has 1 aliphatic rings. The van der Waals surface area contributed by atoms with Gasteiger partial charge in [0.1, 0.15) is 5.78 Å². The Kier molecular flexibility index (Phi) is 8.42. The quantitative estimate of drug-likeness (QED) is 0.487. The van der Waals surface area contributed by atoms with Crippen LogP contribution in [0.5, 0.6) is 0 Å². The fourth-order valence-corrected chi connectivity index (χ4v) is 2.99. The zero-order chi connectivity index (χ0) is 16.5. The lowest BCUT2D eigenvalue weighted by molar-refractivity contribution is -0.126. The van der Waals surface area contributed by atoms with E-state index in [0.29, 0.717) is 6.04 Å². The molecule has 0 spiro atoms. The minimum atomic E-state index is -1.18. The summed E-state index contributed by atoms with van der Waals surface area (Å²) in [5.74, 6) is 0.0353. The molecular formula is C16H30N2O4. The van der Waals surface area contributed by atoms with Gasteiger partial charge in [0.25, 0.3) is 0 Å². The first-order valence-electron chi connectivity index (χ1n) is 8.37. The van der Waals surface area contributed by atoms with Crippen molar-refractivity contribution in [3.8, 4) is 0 Å². The van der Waals surface area contributed by atoms with Crippen molar-refractivity contribution in [2.45, 2.75) is 77.0 Å². The Morgan fingerprint density at radius 3 is 2.68 bits per heavy atom. The summed E-state index contributed by atoms with van der Waals surface area (Å²) in [6, 6.07) is -0.246. The van der Waals surface area contributed by atoms with Crippen LogP contribution in [0, 0.1) is 5.92 Å². The largest absolute Gasteiger partial charge is 0.465 e. The molecule has 0 saturated heterocycles. The van der Waals surface area contributed by atoms with Crippen LogP contribution < -0.4 is 10.6 Å². The van der Waals surface area contributed by atoms with E-state index in [4.69, 9.17) is 5.11 Å². The van der Waals surface area contributed by atoms with Gasteiger partial charge in [0.15, 0.2) is 0 Å². The van der Waals surface area contributed by atoms with E-state index in [9.17, 15) is 14.7 Å². The third kappa shape index (κ3) is 6.75. The van der Waals surface area contributed by atoms with Gasteiger partial charge in [-0.25, -0.2) is 4.79 Å². The summed E-state index contributed by atoms with van der Waals surface area (Å²) in [5.41, 5.74) is 0. The number of nitrogens with one attached hydrogen (secondary N) is 2. The maximum atomic E-state index is 12.3. The second-order valence-corrected chi connectivity index (χ2v) is 6.34. The molecule has 0 aromatic rings. The third-order valence-corrected chi connectivity index (χ3v) is 4.43. The maximum Gasteiger partial charge on any atom is 0.404 e. The van der Waals surface area contributed by atoms with Crippen LogP contribution in [0.25, 0.3) is 0 Å². The predicted octanol–water partition coefficient (Wildman–Crippen LogP) is 1.91. The van der Waals surface area contributed by atoms with E-state index in [2.05, 4.69) is 17.6 Å². The molecule has 0 aliphatic heterocycles. The van der Waals surface area contributed by atoms with Gasteiger partial charge in [0, 0.05) is 18.4 Å². The first-order chi connectivity index (χ1) is 10.4. The van der Waals surface area contributed by atoms with Crippen LogP contribution in [-0.2, 0) is 4.79 Å². The van der Waals surface area contributed by atoms with E-state index in [1.165, 1.54) is 0 Å². The molecule has 1 fully saturated rings. The molecule has 6 heteroatoms. The average molecular weight is 314 g/mol. The van der Waals surface area contributed by atoms with Crippen molar-refractivity contribution in [3.63, 3.8) is 0 Å². The van der Waals surface area contributed by atoms with Crippen molar-refractivity contribution < 1.29 is 19.8 Å². The highest BCUT2D eigenvalue weighted by Crippen LogP contribution is 2.26. The van der Waals surface area contributed by atoms with Gasteiger partial charge in [-0.3, -0.25) is 4.79 Å². The van der Waals surface area contributed by atoms with Crippen LogP contribution >= 0.6 is 0 Å². The number of amides is 1. The Morgan fingerprint density at radius 2 is 2.05 bits per heavy atom. The van der Waals surface area contributed by atoms with Crippen LogP contribution in [0.2, 0.25) is 0 Å². The fourth-order valence-electron chi connectivity index (χ4n) is 2.99. The number of rotatable bonds is 9. The fraction of sp³-hybridized carbons (Fsp3) is 0.875. The van der Waals surface area contributed by atoms with Gasteiger partial charge in [-0.2, -0.15) is 0 Å². The first-order valence-corrected chi connectivity index (χ1v) is 8.37. The molecule has 4 N–H and O–H groups in total. The summed E-state index contributed by atoms with van der Waals surface area (Å²) in [6.45, 7) is 4.72. The van der Waals surface area contributed by atoms with E-state index >= 15 is 0 Å². The van der Waals surface area contributed by atoms with Crippen LogP contribution in [-0.4, -0.2) is 46.8 Å². The van der Waals surface area contributed by atoms with Crippen molar-refractivity contribution >= 4 is 11.9 Å². The standard InChI is InChI=1S/C16H30N2O4/c1-3-4-8-17-13-7-5-6-12(9-13)15(20)10-14(19)11(2)18-16(21)22/h11-14,17-19H,3-10H2,1-2H3,(H,21,22)/t11-,12?,13?,14+/m0/s1. The smallest absolute Gasteiger partial charge is 0.404 e. The summed E-state index contributed by atoms with van der Waals surface area (Å²) >= 11 is 0. The lowest BCUT2D eigenvalue weighted by atomic mass is 9.81. The molecule has 2 unspecified atom stereocenters. The third-order valence-electron chi connectivity index (χ3n) is 4.43. The lowest BCUT2D eigenvalue weighted by Gasteiger charge is -2.30. The van der Waals surface area contributed by atoms with E-state index in [1.807, 2.05) is 0 Å². The number of hydrogen-bond donors (Lipinski definition) is 4. The second kappa shape index (κ2) is 9.79. The van der Waals surface area contributed by atoms with E-state index in [0.717, 1.165) is 45.1 Å². The number of hydrogen-bond acceptors (Lipinski definition) is 4. The minimum absolute atomic E-state index is 0.0143. The van der Waals surface area contributed by atoms with Crippen molar-refractivity contribution in [1.29, 1.82) is 0 Å². The van der Waals surface area contributed by atoms with Gasteiger partial charge in [-0.05, 0) is 39.2 Å². The van der Waals surface area contributed by atoms with E-state index in [-0.39, 0.29) is 18.1 Å². The molecule has 0 aromatic carbocycles. The summed E-state index contributed by atoms with van der Waals surface area (Å²) in [4.78, 5) is 22.9. The number of carbonyl (C=O) groups is 2. The van der Waals surface area contributed by atoms with Crippen LogP contribution in [0.4, 0.5) is 4.79 Å². The molecule has 0 heterocycles. The normalized spacial score (nSPS) is 24.5. The van der Waals surface area contributed by atoms with Gasteiger partial charge < -0.3 is 20.8 Å². The molecule has 4 atom stereocenters. The van der Waals surface area contributed by atoms with E-state index < -0.39 is 18.2 Å². The van der Waals surface area contributed by atoms with Crippen LogP contribution in [0.3, 0.4) is 0 Å². The molecule has 1 saturated carbocycles. The number of carbonyl (C=O) groups excluding carboxylic acids is 1. The predicted molar refractivity (Wildman–Crippen MR) is 84.9 cm³/mol. The number of Topliss-reactive ketones (excluding diaryl/α,β-unsaturated/α-hetero) is 1. The summed E-state index contributed by atoms with van der Waals surface area (Å²) in [7, 11) is 0. The Balaban J connectivity index is 2.39. The molecule has 6 nitrogen and oxygen atoms in total. The van der Waals surface area contributed by atoms with Gasteiger partial charge in [-0.15, -0.1) is 0 Å². The first kappa shape index (κ1) is 18.9. The maximum absolute atomic E-state index is 12.3. The van der Waals surface area contributed by atoms with Gasteiger partial charge in [0.2, 0.25) is 0 Å². The Labute approximate surface area is 132 Å². The van der Waals surface area contributed by atoms with Gasteiger partial charge in [-0.1, -0.05) is 19.8 Å². The highest BCUT2D eigenvalue weighted by atomic mass is 16.4. The van der Waals surface area contributed by atoms with Crippen molar-refractivity contribution in [3.05, 3.63) is 0 Å². The zero-order valence-electron chi connectivity index (χ0n) is 13.7. The number of ketones is 1. The highest BCUT2D eigenvalue weighted by molar-refractivity contribution is 5.81. The molecule has 0 radical (unpaired) electrons. The number of aliphatic hydroxyl groups is 1. The molecule has 1 aliphatic carbocycles. The van der Waals surface area contributed by atoms with Crippen molar-refractivity contribution in [2.24, 2.45) is 5.92 Å². The molecule has 0 bridgehead atoms. The summed E-state index contributed by atoms with van der Waals surface area (Å²) in [5, 5.41) is 24.3. The number of unbranched alkanes of at least 4 members (excludes halogenated alkanes) is 1. The SMILES string of the molecule is CCCCNC1CCCC(C(=O)C[C@@H](O)[C@H](C)NC(=O)O)C1. The monoisotopic (exact) mass is 314 g/mol. The molecule has 1 amide bonds. The van der Waals surface area contributed by atoms with Gasteiger partial charge in [0.05, 0.1) is 12.1 Å². The topological polar surface area (TPSA) is 98.7 Å². The molecule has 128 valence electrons. The summed E-state index contributed by atoms with van der Waals surface area (Å²) in [6.07, 6.45) is 4.01. The minimum Gasteiger partial charge on any atom is -0.465 e. The van der Waals surface area contributed by atoms with Crippen LogP contribution in [0.15, 0.2) is 0 Å². The zero-order valence-corrected chi connectivity index (χ0v) is 13.7. The lowest BCUT2D eigenvalue weighted by Crippen LogP contribution is -2.43. The summed E-state index contributed by atoms with van der Waals surface area (Å²) < 4.78 is 0. The van der Waals surface area contributed by atoms with E-state index in [1.54, 1.807) is 6.92 Å². The highest BCUT2D eigenvalue weighted by Gasteiger charge is 2.29. The molecule has 1 rings (SSSR count). The Hall–Kier alpha value is -1.14. The van der Waals surface area contributed by atoms with Crippen molar-refractivity contribution in [1.82, 2.24) is 10.6 Å². The van der Waals surface area contributed by atoms with Crippen molar-refractivity contribution in [2.75, 3.05) is 6.54 Å². The molecule has 22 heavy (non-hydrogen) atoms. The van der Waals surface area contributed by atoms with Gasteiger partial charge >= 0.3 is 6.09 Å². The van der Waals surface area contributed by atoms with Crippen LogP contribution in [0.1, 0.15) is 58.8 Å². The molecule has 0 aromatic heterocycles. The Morgan fingerprint density at radius 1 is 1.32 bits per heavy atom.